The molecular formula is C16H18N2O3S2. The number of thiazole rings is 1. The van der Waals surface area contributed by atoms with Crippen molar-refractivity contribution in [3.05, 3.63) is 47.0 Å². The third kappa shape index (κ3) is 5.69. The van der Waals surface area contributed by atoms with Crippen molar-refractivity contribution >= 4 is 35.0 Å². The van der Waals surface area contributed by atoms with Gasteiger partial charge in [-0.2, -0.15) is 0 Å². The summed E-state index contributed by atoms with van der Waals surface area (Å²) in [6, 6.07) is 8.83. The summed E-state index contributed by atoms with van der Waals surface area (Å²) >= 11 is 2.86. The van der Waals surface area contributed by atoms with Crippen LogP contribution in [0.3, 0.4) is 0 Å². The molecule has 1 heterocycles. The largest absolute Gasteiger partial charge is 0.467 e. The second kappa shape index (κ2) is 8.69. The van der Waals surface area contributed by atoms with Gasteiger partial charge in [-0.1, -0.05) is 42.1 Å². The maximum absolute atomic E-state index is 12.1. The van der Waals surface area contributed by atoms with Gasteiger partial charge < -0.3 is 10.1 Å². The number of benzene rings is 1. The lowest BCUT2D eigenvalue weighted by atomic mass is 10.1. The molecule has 0 saturated carbocycles. The number of nitrogens with one attached hydrogen (secondary N) is 1. The van der Waals surface area contributed by atoms with Gasteiger partial charge in [0.1, 0.15) is 6.04 Å². The first kappa shape index (κ1) is 17.5. The number of esters is 1. The molecule has 7 heteroatoms. The smallest absolute Gasteiger partial charge is 0.328 e. The topological polar surface area (TPSA) is 68.3 Å². The van der Waals surface area contributed by atoms with E-state index in [0.717, 1.165) is 15.6 Å². The van der Waals surface area contributed by atoms with Crippen LogP contribution in [0.15, 0.2) is 40.1 Å². The van der Waals surface area contributed by atoms with E-state index < -0.39 is 12.0 Å². The van der Waals surface area contributed by atoms with Crippen LogP contribution in [0.5, 0.6) is 0 Å². The summed E-state index contributed by atoms with van der Waals surface area (Å²) in [5.74, 6) is -0.443. The van der Waals surface area contributed by atoms with Crippen molar-refractivity contribution in [3.63, 3.8) is 0 Å². The lowest BCUT2D eigenvalue weighted by Gasteiger charge is -2.16. The van der Waals surface area contributed by atoms with Crippen LogP contribution in [0, 0.1) is 6.92 Å². The first-order valence-electron chi connectivity index (χ1n) is 7.04. The van der Waals surface area contributed by atoms with Gasteiger partial charge in [0.05, 0.1) is 12.9 Å². The molecule has 0 aliphatic rings. The molecule has 2 rings (SSSR count). The average molecular weight is 350 g/mol. The molecule has 0 unspecified atom stereocenters. The molecule has 0 spiro atoms. The number of carbonyl (C=O) groups excluding carboxylic acids is 2. The highest BCUT2D eigenvalue weighted by Crippen LogP contribution is 2.21. The molecule has 0 fully saturated rings. The lowest BCUT2D eigenvalue weighted by Crippen LogP contribution is -2.43. The summed E-state index contributed by atoms with van der Waals surface area (Å²) in [6.07, 6.45) is 0.403. The maximum Gasteiger partial charge on any atom is 0.328 e. The minimum atomic E-state index is -0.687. The predicted molar refractivity (Wildman–Crippen MR) is 91.7 cm³/mol. The summed E-state index contributed by atoms with van der Waals surface area (Å²) in [7, 11) is 1.32. The molecule has 1 aromatic carbocycles. The first-order valence-corrected chi connectivity index (χ1v) is 8.91. The minimum Gasteiger partial charge on any atom is -0.467 e. The highest BCUT2D eigenvalue weighted by molar-refractivity contribution is 8.01. The third-order valence-electron chi connectivity index (χ3n) is 3.03. The maximum atomic E-state index is 12.1. The first-order chi connectivity index (χ1) is 11.1. The Morgan fingerprint density at radius 1 is 1.35 bits per heavy atom. The summed E-state index contributed by atoms with van der Waals surface area (Å²) in [5, 5.41) is 4.67. The Hall–Kier alpha value is -1.86. The Kier molecular flexibility index (Phi) is 6.61. The number of aryl methyl sites for hydroxylation is 1. The van der Waals surface area contributed by atoms with Gasteiger partial charge in [0.25, 0.3) is 0 Å². The number of aromatic nitrogens is 1. The van der Waals surface area contributed by atoms with E-state index >= 15 is 0 Å². The molecule has 0 aliphatic carbocycles. The normalized spacial score (nSPS) is 11.7. The van der Waals surface area contributed by atoms with Crippen molar-refractivity contribution in [2.75, 3.05) is 12.9 Å². The number of nitrogens with zero attached hydrogens (tertiary/aromatic N) is 1. The zero-order chi connectivity index (χ0) is 16.7. The molecule has 0 aliphatic heterocycles. The van der Waals surface area contributed by atoms with Gasteiger partial charge in [-0.05, 0) is 12.5 Å². The van der Waals surface area contributed by atoms with Crippen molar-refractivity contribution in [2.24, 2.45) is 0 Å². The predicted octanol–water partition coefficient (Wildman–Crippen LogP) is 2.44. The minimum absolute atomic E-state index is 0.214. The molecular weight excluding hydrogens is 332 g/mol. The van der Waals surface area contributed by atoms with Gasteiger partial charge in [-0.15, -0.1) is 11.3 Å². The van der Waals surface area contributed by atoms with Gasteiger partial charge >= 0.3 is 5.97 Å². The number of amides is 1. The number of rotatable bonds is 7. The van der Waals surface area contributed by atoms with E-state index in [9.17, 15) is 9.59 Å². The number of methoxy groups -OCH3 is 1. The van der Waals surface area contributed by atoms with Crippen LogP contribution in [0.1, 0.15) is 11.3 Å². The quantitative estimate of drug-likeness (QED) is 0.614. The second-order valence-corrected chi connectivity index (χ2v) is 6.96. The van der Waals surface area contributed by atoms with Crippen molar-refractivity contribution in [1.29, 1.82) is 0 Å². The Balaban J connectivity index is 1.91. The Morgan fingerprint density at radius 2 is 2.09 bits per heavy atom. The number of hydrogen-bond acceptors (Lipinski definition) is 6. The molecule has 0 radical (unpaired) electrons. The van der Waals surface area contributed by atoms with Crippen molar-refractivity contribution < 1.29 is 14.3 Å². The Labute approximate surface area is 143 Å². The van der Waals surface area contributed by atoms with Crippen molar-refractivity contribution in [1.82, 2.24) is 10.3 Å². The van der Waals surface area contributed by atoms with Gasteiger partial charge in [0.2, 0.25) is 5.91 Å². The fourth-order valence-electron chi connectivity index (χ4n) is 1.95. The van der Waals surface area contributed by atoms with Crippen LogP contribution in [0.2, 0.25) is 0 Å². The summed E-state index contributed by atoms with van der Waals surface area (Å²) in [6.45, 7) is 1.91. The second-order valence-electron chi connectivity index (χ2n) is 4.88. The van der Waals surface area contributed by atoms with Gasteiger partial charge in [0.15, 0.2) is 4.34 Å². The molecule has 122 valence electrons. The van der Waals surface area contributed by atoms with Crippen LogP contribution < -0.4 is 5.32 Å². The van der Waals surface area contributed by atoms with Gasteiger partial charge in [-0.3, -0.25) is 4.79 Å². The zero-order valence-electron chi connectivity index (χ0n) is 12.9. The van der Waals surface area contributed by atoms with E-state index in [0.29, 0.717) is 6.42 Å². The Morgan fingerprint density at radius 3 is 2.70 bits per heavy atom. The van der Waals surface area contributed by atoms with E-state index in [1.165, 1.54) is 30.2 Å². The SMILES string of the molecule is COC(=O)[C@@H](Cc1ccccc1)NC(=O)CSc1nc(C)cs1. The van der Waals surface area contributed by atoms with Crippen LogP contribution in [-0.2, 0) is 20.7 Å². The molecule has 5 nitrogen and oxygen atoms in total. The van der Waals surface area contributed by atoms with E-state index in [2.05, 4.69) is 10.3 Å². The summed E-state index contributed by atoms with van der Waals surface area (Å²) in [4.78, 5) is 28.2. The molecule has 23 heavy (non-hydrogen) atoms. The van der Waals surface area contributed by atoms with Crippen LogP contribution in [0.4, 0.5) is 0 Å². The van der Waals surface area contributed by atoms with E-state index in [-0.39, 0.29) is 11.7 Å². The summed E-state index contributed by atoms with van der Waals surface area (Å²) < 4.78 is 5.62. The van der Waals surface area contributed by atoms with E-state index in [1.807, 2.05) is 42.6 Å². The number of hydrogen-bond donors (Lipinski definition) is 1. The highest BCUT2D eigenvalue weighted by Gasteiger charge is 2.22. The fourth-order valence-corrected chi connectivity index (χ4v) is 3.61. The third-order valence-corrected chi connectivity index (χ3v) is 5.17. The van der Waals surface area contributed by atoms with Crippen molar-refractivity contribution in [3.8, 4) is 0 Å². The number of ether oxygens (including phenoxy) is 1. The molecule has 1 N–H and O–H groups in total. The molecule has 0 bridgehead atoms. The Bertz CT molecular complexity index is 658. The van der Waals surface area contributed by atoms with Gasteiger partial charge in [0, 0.05) is 17.5 Å². The fraction of sp³-hybridized carbons (Fsp3) is 0.312. The molecule has 1 aromatic heterocycles. The molecule has 1 amide bonds. The number of carbonyl (C=O) groups is 2. The lowest BCUT2D eigenvalue weighted by molar-refractivity contribution is -0.144. The highest BCUT2D eigenvalue weighted by atomic mass is 32.2. The zero-order valence-corrected chi connectivity index (χ0v) is 14.6. The number of thioether (sulfide) groups is 1. The van der Waals surface area contributed by atoms with Crippen LogP contribution >= 0.6 is 23.1 Å². The van der Waals surface area contributed by atoms with Crippen molar-refractivity contribution in [2.45, 2.75) is 23.7 Å². The van der Waals surface area contributed by atoms with Gasteiger partial charge in [-0.25, -0.2) is 9.78 Å². The van der Waals surface area contributed by atoms with Crippen LogP contribution in [0.25, 0.3) is 0 Å². The molecule has 0 saturated heterocycles. The summed E-state index contributed by atoms with van der Waals surface area (Å²) in [5.41, 5.74) is 1.90. The van der Waals surface area contributed by atoms with E-state index in [4.69, 9.17) is 4.74 Å². The standard InChI is InChI=1S/C16H18N2O3S2/c1-11-9-22-16(17-11)23-10-14(19)18-13(15(20)21-2)8-12-6-4-3-5-7-12/h3-7,9,13H,8,10H2,1-2H3,(H,18,19)/t13-/m1/s1. The van der Waals surface area contributed by atoms with E-state index in [1.54, 1.807) is 0 Å². The monoisotopic (exact) mass is 350 g/mol. The average Bonchev–Trinajstić information content (AvgIpc) is 2.98. The molecule has 2 aromatic rings. The molecule has 1 atom stereocenters. The van der Waals surface area contributed by atoms with Crippen LogP contribution in [-0.4, -0.2) is 35.8 Å².